The normalized spacial score (nSPS) is 16.1. The van der Waals surface area contributed by atoms with E-state index in [-0.39, 0.29) is 40.7 Å². The van der Waals surface area contributed by atoms with Crippen LogP contribution in [-0.4, -0.2) is 63.9 Å². The van der Waals surface area contributed by atoms with Gasteiger partial charge in [0.15, 0.2) is 9.84 Å². The quantitative estimate of drug-likeness (QED) is 0.650. The van der Waals surface area contributed by atoms with E-state index in [1.54, 1.807) is 19.1 Å². The average Bonchev–Trinajstić information content (AvgIpc) is 3.00. The molecule has 0 aromatic heterocycles. The number of sulfonamides is 1. The van der Waals surface area contributed by atoms with Gasteiger partial charge < -0.3 is 4.90 Å². The lowest BCUT2D eigenvalue weighted by molar-refractivity contribution is 0.0760. The molecule has 0 saturated carbocycles. The molecule has 1 saturated heterocycles. The number of halogens is 1. The summed E-state index contributed by atoms with van der Waals surface area (Å²) in [6, 6.07) is 10.7. The maximum Gasteiger partial charge on any atom is 0.255 e. The Labute approximate surface area is 182 Å². The molecule has 0 radical (unpaired) electrons. The third-order valence-corrected chi connectivity index (χ3v) is 9.00. The highest BCUT2D eigenvalue weighted by Crippen LogP contribution is 2.22. The molecule has 2 aromatic carbocycles. The van der Waals surface area contributed by atoms with Gasteiger partial charge in [0.2, 0.25) is 10.0 Å². The highest BCUT2D eigenvalue weighted by molar-refractivity contribution is 7.91. The van der Waals surface area contributed by atoms with Crippen LogP contribution < -0.4 is 0 Å². The summed E-state index contributed by atoms with van der Waals surface area (Å²) in [6.07, 6.45) is 0.834. The van der Waals surface area contributed by atoms with Gasteiger partial charge in [-0.3, -0.25) is 4.79 Å². The average molecular weight is 469 g/mol. The van der Waals surface area contributed by atoms with E-state index >= 15 is 0 Å². The van der Waals surface area contributed by atoms with Crippen molar-refractivity contribution in [2.75, 3.05) is 31.9 Å². The number of carbonyl (C=O) groups excluding carboxylic acids is 1. The fourth-order valence-electron chi connectivity index (χ4n) is 3.56. The van der Waals surface area contributed by atoms with Crippen molar-refractivity contribution in [3.05, 3.63) is 59.9 Å². The summed E-state index contributed by atoms with van der Waals surface area (Å²) < 4.78 is 65.4. The Bertz CT molecular complexity index is 1150. The maximum atomic E-state index is 13.2. The molecule has 0 spiro atoms. The molecule has 0 atom stereocenters. The number of sulfone groups is 1. The van der Waals surface area contributed by atoms with Gasteiger partial charge in [-0.25, -0.2) is 21.2 Å². The first-order valence-corrected chi connectivity index (χ1v) is 13.1. The number of carbonyl (C=O) groups is 1. The van der Waals surface area contributed by atoms with Crippen LogP contribution >= 0.6 is 0 Å². The first-order chi connectivity index (χ1) is 14.7. The van der Waals surface area contributed by atoms with Crippen LogP contribution in [0.1, 0.15) is 30.1 Å². The van der Waals surface area contributed by atoms with Crippen LogP contribution in [0, 0.1) is 5.82 Å². The summed E-state index contributed by atoms with van der Waals surface area (Å²) >= 11 is 0. The lowest BCUT2D eigenvalue weighted by Gasteiger charge is -2.23. The summed E-state index contributed by atoms with van der Waals surface area (Å²) in [6.45, 7) is 2.46. The maximum absolute atomic E-state index is 13.2. The standard InChI is InChI=1S/C21H25FN2O5S2/c1-2-16-30(26,27)20-7-4-3-6-19(20)21(25)23-12-5-13-24(15-14-23)31(28,29)18-10-8-17(22)9-11-18/h3-4,6-11H,2,5,12-16H2,1H3. The summed E-state index contributed by atoms with van der Waals surface area (Å²) in [4.78, 5) is 14.6. The van der Waals surface area contributed by atoms with Crippen molar-refractivity contribution in [2.45, 2.75) is 29.6 Å². The Hall–Kier alpha value is -2.30. The summed E-state index contributed by atoms with van der Waals surface area (Å²) in [5, 5.41) is 0. The van der Waals surface area contributed by atoms with Crippen molar-refractivity contribution in [1.82, 2.24) is 9.21 Å². The first-order valence-electron chi connectivity index (χ1n) is 10.0. The molecule has 31 heavy (non-hydrogen) atoms. The number of nitrogens with zero attached hydrogens (tertiary/aromatic N) is 2. The Morgan fingerprint density at radius 1 is 0.935 bits per heavy atom. The van der Waals surface area contributed by atoms with Gasteiger partial charge in [-0.15, -0.1) is 0 Å². The second kappa shape index (κ2) is 9.46. The van der Waals surface area contributed by atoms with Crippen molar-refractivity contribution >= 4 is 25.8 Å². The molecule has 10 heteroatoms. The molecule has 0 N–H and O–H groups in total. The van der Waals surface area contributed by atoms with Crippen molar-refractivity contribution in [2.24, 2.45) is 0 Å². The van der Waals surface area contributed by atoms with Gasteiger partial charge in [-0.2, -0.15) is 4.31 Å². The molecule has 168 valence electrons. The highest BCUT2D eigenvalue weighted by atomic mass is 32.2. The van der Waals surface area contributed by atoms with E-state index in [9.17, 15) is 26.0 Å². The van der Waals surface area contributed by atoms with Gasteiger partial charge >= 0.3 is 0 Å². The summed E-state index contributed by atoms with van der Waals surface area (Å²) in [5.41, 5.74) is 0.103. The lowest BCUT2D eigenvalue weighted by atomic mass is 10.2. The van der Waals surface area contributed by atoms with E-state index in [4.69, 9.17) is 0 Å². The van der Waals surface area contributed by atoms with Crippen molar-refractivity contribution in [3.8, 4) is 0 Å². The lowest BCUT2D eigenvalue weighted by Crippen LogP contribution is -2.37. The van der Waals surface area contributed by atoms with E-state index in [0.29, 0.717) is 19.4 Å². The van der Waals surface area contributed by atoms with Crippen LogP contribution in [0.2, 0.25) is 0 Å². The molecule has 1 aliphatic rings. The molecule has 1 fully saturated rings. The minimum absolute atomic E-state index is 0.00175. The first kappa shape index (κ1) is 23.4. The Balaban J connectivity index is 1.80. The SMILES string of the molecule is CCCS(=O)(=O)c1ccccc1C(=O)N1CCCN(S(=O)(=O)c2ccc(F)cc2)CC1. The number of hydrogen-bond donors (Lipinski definition) is 0. The molecule has 0 bridgehead atoms. The zero-order valence-electron chi connectivity index (χ0n) is 17.2. The van der Waals surface area contributed by atoms with E-state index in [2.05, 4.69) is 0 Å². The van der Waals surface area contributed by atoms with Crippen molar-refractivity contribution in [3.63, 3.8) is 0 Å². The van der Waals surface area contributed by atoms with Crippen LogP contribution in [0.4, 0.5) is 4.39 Å². The van der Waals surface area contributed by atoms with Crippen molar-refractivity contribution in [1.29, 1.82) is 0 Å². The topological polar surface area (TPSA) is 91.8 Å². The van der Waals surface area contributed by atoms with Crippen LogP contribution in [0.3, 0.4) is 0 Å². The van der Waals surface area contributed by atoms with Gasteiger partial charge in [-0.1, -0.05) is 19.1 Å². The molecule has 1 heterocycles. The van der Waals surface area contributed by atoms with Crippen LogP contribution in [0.15, 0.2) is 58.3 Å². The Morgan fingerprint density at radius 3 is 2.29 bits per heavy atom. The molecule has 0 aliphatic carbocycles. The third kappa shape index (κ3) is 5.13. The van der Waals surface area contributed by atoms with Gasteiger partial charge in [0.1, 0.15) is 5.82 Å². The molecule has 2 aromatic rings. The van der Waals surface area contributed by atoms with Gasteiger partial charge in [0.25, 0.3) is 5.91 Å². The molecule has 0 unspecified atom stereocenters. The van der Waals surface area contributed by atoms with Crippen LogP contribution in [0.5, 0.6) is 0 Å². The molecule has 3 rings (SSSR count). The number of hydrogen-bond acceptors (Lipinski definition) is 5. The van der Waals surface area contributed by atoms with E-state index in [0.717, 1.165) is 12.1 Å². The second-order valence-electron chi connectivity index (χ2n) is 7.32. The monoisotopic (exact) mass is 468 g/mol. The van der Waals surface area contributed by atoms with Gasteiger partial charge in [0.05, 0.1) is 21.1 Å². The number of rotatable bonds is 6. The minimum Gasteiger partial charge on any atom is -0.337 e. The molecule has 1 aliphatic heterocycles. The molecule has 1 amide bonds. The van der Waals surface area contributed by atoms with E-state index < -0.39 is 31.6 Å². The number of benzene rings is 2. The summed E-state index contributed by atoms with van der Waals surface area (Å²) in [5.74, 6) is -1.01. The predicted octanol–water partition coefficient (Wildman–Crippen LogP) is 2.55. The molecule has 7 nitrogen and oxygen atoms in total. The van der Waals surface area contributed by atoms with Crippen LogP contribution in [0.25, 0.3) is 0 Å². The van der Waals surface area contributed by atoms with Gasteiger partial charge in [-0.05, 0) is 49.2 Å². The fraction of sp³-hybridized carbons (Fsp3) is 0.381. The van der Waals surface area contributed by atoms with Crippen molar-refractivity contribution < 1.29 is 26.0 Å². The second-order valence-corrected chi connectivity index (χ2v) is 11.3. The third-order valence-electron chi connectivity index (χ3n) is 5.12. The smallest absolute Gasteiger partial charge is 0.255 e. The Morgan fingerprint density at radius 2 is 1.61 bits per heavy atom. The largest absolute Gasteiger partial charge is 0.337 e. The zero-order chi connectivity index (χ0) is 22.6. The fourth-order valence-corrected chi connectivity index (χ4v) is 6.56. The Kier molecular flexibility index (Phi) is 7.13. The predicted molar refractivity (Wildman–Crippen MR) is 114 cm³/mol. The summed E-state index contributed by atoms with van der Waals surface area (Å²) in [7, 11) is -7.41. The molecular formula is C21H25FN2O5S2. The minimum atomic E-state index is -3.82. The van der Waals surface area contributed by atoms with E-state index in [1.165, 1.54) is 33.5 Å². The zero-order valence-corrected chi connectivity index (χ0v) is 18.8. The molecular weight excluding hydrogens is 443 g/mol. The highest BCUT2D eigenvalue weighted by Gasteiger charge is 2.30. The number of amides is 1. The van der Waals surface area contributed by atoms with Crippen LogP contribution in [-0.2, 0) is 19.9 Å². The van der Waals surface area contributed by atoms with E-state index in [1.807, 2.05) is 0 Å². The van der Waals surface area contributed by atoms with Gasteiger partial charge in [0, 0.05) is 26.2 Å².